The molecule has 1 unspecified atom stereocenters. The Morgan fingerprint density at radius 3 is 2.30 bits per heavy atom. The van der Waals surface area contributed by atoms with Crippen LogP contribution in [0.4, 0.5) is 0 Å². The van der Waals surface area contributed by atoms with Gasteiger partial charge in [0, 0.05) is 25.7 Å². The van der Waals surface area contributed by atoms with Gasteiger partial charge in [-0.25, -0.2) is 0 Å². The maximum atomic E-state index is 12.6. The van der Waals surface area contributed by atoms with Gasteiger partial charge >= 0.3 is 0 Å². The highest BCUT2D eigenvalue weighted by Crippen LogP contribution is 2.13. The van der Waals surface area contributed by atoms with Crippen molar-refractivity contribution in [1.82, 2.24) is 9.80 Å². The van der Waals surface area contributed by atoms with Crippen LogP contribution in [0.5, 0.6) is 0 Å². The summed E-state index contributed by atoms with van der Waals surface area (Å²) < 4.78 is 0. The zero-order valence-corrected chi connectivity index (χ0v) is 16.2. The third-order valence-corrected chi connectivity index (χ3v) is 5.20. The standard InChI is InChI=1S/C23H30N2O2/c1-24(17-22(26)18-25-14-6-3-7-15-25)23(27)21-12-10-20(11-13-21)16-19-8-4-2-5-9-19/h2,4-5,8-13,22,26H,3,6-7,14-18H2,1H3. The smallest absolute Gasteiger partial charge is 0.253 e. The van der Waals surface area contributed by atoms with Crippen LogP contribution in [0.2, 0.25) is 0 Å². The van der Waals surface area contributed by atoms with E-state index in [0.29, 0.717) is 18.7 Å². The Morgan fingerprint density at radius 2 is 1.63 bits per heavy atom. The van der Waals surface area contributed by atoms with Gasteiger partial charge in [-0.3, -0.25) is 4.79 Å². The van der Waals surface area contributed by atoms with Gasteiger partial charge in [0.05, 0.1) is 6.10 Å². The first kappa shape index (κ1) is 19.6. The van der Waals surface area contributed by atoms with Crippen LogP contribution in [0.25, 0.3) is 0 Å². The molecule has 0 bridgehead atoms. The number of likely N-dealkylation sites (N-methyl/N-ethyl adjacent to an activating group) is 1. The van der Waals surface area contributed by atoms with Crippen molar-refractivity contribution in [2.45, 2.75) is 31.8 Å². The lowest BCUT2D eigenvalue weighted by Gasteiger charge is -2.30. The monoisotopic (exact) mass is 366 g/mol. The van der Waals surface area contributed by atoms with Crippen molar-refractivity contribution in [3.63, 3.8) is 0 Å². The average molecular weight is 367 g/mol. The Labute approximate surface area is 162 Å². The number of rotatable bonds is 7. The molecule has 2 aromatic rings. The summed E-state index contributed by atoms with van der Waals surface area (Å²) in [6.45, 7) is 3.12. The second-order valence-electron chi connectivity index (χ2n) is 7.56. The molecule has 0 aliphatic carbocycles. The molecule has 1 aliphatic heterocycles. The molecule has 1 fully saturated rings. The lowest BCUT2D eigenvalue weighted by atomic mass is 10.0. The van der Waals surface area contributed by atoms with Crippen LogP contribution in [-0.2, 0) is 6.42 Å². The normalized spacial score (nSPS) is 16.1. The zero-order chi connectivity index (χ0) is 19.1. The van der Waals surface area contributed by atoms with Gasteiger partial charge in [0.2, 0.25) is 0 Å². The van der Waals surface area contributed by atoms with Crippen LogP contribution in [0.3, 0.4) is 0 Å². The van der Waals surface area contributed by atoms with Crippen LogP contribution in [0, 0.1) is 0 Å². The van der Waals surface area contributed by atoms with E-state index in [-0.39, 0.29) is 5.91 Å². The van der Waals surface area contributed by atoms with E-state index in [1.54, 1.807) is 11.9 Å². The van der Waals surface area contributed by atoms with Crippen LogP contribution in [-0.4, -0.2) is 60.1 Å². The third-order valence-electron chi connectivity index (χ3n) is 5.20. The lowest BCUT2D eigenvalue weighted by Crippen LogP contribution is -2.42. The molecule has 3 rings (SSSR count). The fraction of sp³-hybridized carbons (Fsp3) is 0.435. The number of β-amino-alcohol motifs (C(OH)–C–C–N with tert-alkyl or cyclic N) is 1. The van der Waals surface area contributed by atoms with Gasteiger partial charge in [0.15, 0.2) is 0 Å². The first-order valence-electron chi connectivity index (χ1n) is 9.90. The molecule has 1 saturated heterocycles. The van der Waals surface area contributed by atoms with Crippen molar-refractivity contribution >= 4 is 5.91 Å². The van der Waals surface area contributed by atoms with Crippen molar-refractivity contribution in [2.24, 2.45) is 0 Å². The van der Waals surface area contributed by atoms with Gasteiger partial charge in [-0.15, -0.1) is 0 Å². The van der Waals surface area contributed by atoms with Gasteiger partial charge in [-0.1, -0.05) is 48.9 Å². The number of hydrogen-bond donors (Lipinski definition) is 1. The Bertz CT molecular complexity index is 709. The number of amides is 1. The van der Waals surface area contributed by atoms with E-state index in [9.17, 15) is 9.90 Å². The number of carbonyl (C=O) groups excluding carboxylic acids is 1. The number of nitrogens with zero attached hydrogens (tertiary/aromatic N) is 2. The van der Waals surface area contributed by atoms with Crippen molar-refractivity contribution < 1.29 is 9.90 Å². The van der Waals surface area contributed by atoms with Crippen molar-refractivity contribution in [2.75, 3.05) is 33.2 Å². The summed E-state index contributed by atoms with van der Waals surface area (Å²) in [5.74, 6) is -0.0426. The van der Waals surface area contributed by atoms with E-state index in [0.717, 1.165) is 19.5 Å². The molecule has 1 N–H and O–H groups in total. The molecule has 1 amide bonds. The van der Waals surface area contributed by atoms with Gasteiger partial charge < -0.3 is 14.9 Å². The van der Waals surface area contributed by atoms with Crippen LogP contribution in [0.1, 0.15) is 40.7 Å². The molecule has 0 saturated carbocycles. The molecule has 144 valence electrons. The van der Waals surface area contributed by atoms with Crippen molar-refractivity contribution in [3.8, 4) is 0 Å². The van der Waals surface area contributed by atoms with E-state index in [1.807, 2.05) is 42.5 Å². The number of carbonyl (C=O) groups is 1. The maximum Gasteiger partial charge on any atom is 0.253 e. The van der Waals surface area contributed by atoms with Crippen molar-refractivity contribution in [1.29, 1.82) is 0 Å². The molecule has 1 heterocycles. The predicted octanol–water partition coefficient (Wildman–Crippen LogP) is 3.20. The van der Waals surface area contributed by atoms with Gasteiger partial charge in [-0.05, 0) is 55.6 Å². The highest BCUT2D eigenvalue weighted by atomic mass is 16.3. The number of likely N-dealkylation sites (tertiary alicyclic amines) is 1. The zero-order valence-electron chi connectivity index (χ0n) is 16.2. The second-order valence-corrected chi connectivity index (χ2v) is 7.56. The van der Waals surface area contributed by atoms with E-state index in [4.69, 9.17) is 0 Å². The van der Waals surface area contributed by atoms with Crippen molar-refractivity contribution in [3.05, 3.63) is 71.3 Å². The minimum absolute atomic E-state index is 0.0426. The molecule has 0 radical (unpaired) electrons. The summed E-state index contributed by atoms with van der Waals surface area (Å²) in [6.07, 6.45) is 4.05. The van der Waals surface area contributed by atoms with E-state index >= 15 is 0 Å². The number of benzene rings is 2. The second kappa shape index (κ2) is 9.67. The van der Waals surface area contributed by atoms with E-state index < -0.39 is 6.10 Å². The van der Waals surface area contributed by atoms with Crippen LogP contribution >= 0.6 is 0 Å². The molecule has 4 heteroatoms. The molecule has 0 spiro atoms. The van der Waals surface area contributed by atoms with E-state index in [1.165, 1.54) is 30.4 Å². The summed E-state index contributed by atoms with van der Waals surface area (Å²) >= 11 is 0. The summed E-state index contributed by atoms with van der Waals surface area (Å²) in [5, 5.41) is 10.3. The molecule has 4 nitrogen and oxygen atoms in total. The Morgan fingerprint density at radius 1 is 1.00 bits per heavy atom. The minimum Gasteiger partial charge on any atom is -0.390 e. The fourth-order valence-corrected chi connectivity index (χ4v) is 3.71. The fourth-order valence-electron chi connectivity index (χ4n) is 3.71. The van der Waals surface area contributed by atoms with Crippen LogP contribution < -0.4 is 0 Å². The first-order chi connectivity index (χ1) is 13.1. The van der Waals surface area contributed by atoms with Gasteiger partial charge in [-0.2, -0.15) is 0 Å². The molecule has 1 aliphatic rings. The lowest BCUT2D eigenvalue weighted by molar-refractivity contribution is 0.0560. The molecule has 1 atom stereocenters. The third kappa shape index (κ3) is 5.91. The summed E-state index contributed by atoms with van der Waals surface area (Å²) in [7, 11) is 1.76. The summed E-state index contributed by atoms with van der Waals surface area (Å²) in [4.78, 5) is 16.6. The highest BCUT2D eigenvalue weighted by Gasteiger charge is 2.19. The van der Waals surface area contributed by atoms with Gasteiger partial charge in [0.25, 0.3) is 5.91 Å². The average Bonchev–Trinajstić information content (AvgIpc) is 2.69. The Kier molecular flexibility index (Phi) is 7.02. The number of piperidine rings is 1. The van der Waals surface area contributed by atoms with Crippen LogP contribution in [0.15, 0.2) is 54.6 Å². The number of aliphatic hydroxyl groups is 1. The predicted molar refractivity (Wildman–Crippen MR) is 109 cm³/mol. The molecular formula is C23H30N2O2. The topological polar surface area (TPSA) is 43.8 Å². The summed E-state index contributed by atoms with van der Waals surface area (Å²) in [5.41, 5.74) is 3.11. The quantitative estimate of drug-likeness (QED) is 0.818. The SMILES string of the molecule is CN(CC(O)CN1CCCCC1)C(=O)c1ccc(Cc2ccccc2)cc1. The summed E-state index contributed by atoms with van der Waals surface area (Å²) in [6, 6.07) is 18.1. The molecular weight excluding hydrogens is 336 g/mol. The molecule has 2 aromatic carbocycles. The maximum absolute atomic E-state index is 12.6. The molecule has 27 heavy (non-hydrogen) atoms. The van der Waals surface area contributed by atoms with Gasteiger partial charge in [0.1, 0.15) is 0 Å². The first-order valence-corrected chi connectivity index (χ1v) is 9.90. The largest absolute Gasteiger partial charge is 0.390 e. The Balaban J connectivity index is 1.51. The Hall–Kier alpha value is -2.17. The number of aliphatic hydroxyl groups excluding tert-OH is 1. The number of hydrogen-bond acceptors (Lipinski definition) is 3. The molecule has 0 aromatic heterocycles. The van der Waals surface area contributed by atoms with E-state index in [2.05, 4.69) is 17.0 Å². The minimum atomic E-state index is -0.505. The highest BCUT2D eigenvalue weighted by molar-refractivity contribution is 5.94.